The lowest BCUT2D eigenvalue weighted by molar-refractivity contribution is 0.0674. The molecule has 0 amide bonds. The van der Waals surface area contributed by atoms with Crippen LogP contribution in [0.5, 0.6) is 0 Å². The fourth-order valence-electron chi connectivity index (χ4n) is 2.21. The number of rotatable bonds is 2. The number of carboxylic acids is 1. The van der Waals surface area contributed by atoms with Gasteiger partial charge in [0.2, 0.25) is 0 Å². The fourth-order valence-corrected chi connectivity index (χ4v) is 2.51. The monoisotopic (exact) mass is 312 g/mol. The van der Waals surface area contributed by atoms with Gasteiger partial charge in [0, 0.05) is 12.0 Å². The first-order valence-corrected chi connectivity index (χ1v) is 6.70. The van der Waals surface area contributed by atoms with Crippen molar-refractivity contribution in [2.75, 3.05) is 6.61 Å². The van der Waals surface area contributed by atoms with E-state index in [4.69, 9.17) is 27.9 Å². The number of carbonyl (C=O) groups is 1. The van der Waals surface area contributed by atoms with Crippen LogP contribution < -0.4 is 0 Å². The van der Waals surface area contributed by atoms with Gasteiger partial charge in [-0.15, -0.1) is 0 Å². The minimum atomic E-state index is -1.05. The highest BCUT2D eigenvalue weighted by molar-refractivity contribution is 6.42. The molecule has 1 aliphatic rings. The molecular weight excluding hydrogens is 303 g/mol. The molecule has 2 heterocycles. The first kappa shape index (κ1) is 13.4. The summed E-state index contributed by atoms with van der Waals surface area (Å²) in [6, 6.07) is 4.89. The molecule has 20 heavy (non-hydrogen) atoms. The second-order valence-electron chi connectivity index (χ2n) is 4.39. The Morgan fingerprint density at radius 3 is 2.85 bits per heavy atom. The third-order valence-corrected chi connectivity index (χ3v) is 3.89. The van der Waals surface area contributed by atoms with Crippen LogP contribution in [-0.4, -0.2) is 27.5 Å². The van der Waals surface area contributed by atoms with E-state index in [0.29, 0.717) is 34.3 Å². The molecule has 0 fully saturated rings. The molecule has 0 atom stereocenters. The van der Waals surface area contributed by atoms with Crippen LogP contribution in [0.2, 0.25) is 10.0 Å². The van der Waals surface area contributed by atoms with Crippen molar-refractivity contribution in [1.29, 1.82) is 0 Å². The van der Waals surface area contributed by atoms with Gasteiger partial charge < -0.3 is 9.84 Å². The highest BCUT2D eigenvalue weighted by Gasteiger charge is 2.26. The third-order valence-electron chi connectivity index (χ3n) is 3.15. The Kier molecular flexibility index (Phi) is 3.41. The van der Waals surface area contributed by atoms with Crippen LogP contribution in [0.15, 0.2) is 18.2 Å². The van der Waals surface area contributed by atoms with Crippen molar-refractivity contribution in [2.45, 2.75) is 13.0 Å². The van der Waals surface area contributed by atoms with Crippen molar-refractivity contribution < 1.29 is 14.6 Å². The van der Waals surface area contributed by atoms with Crippen molar-refractivity contribution >= 4 is 29.2 Å². The molecule has 1 N–H and O–H groups in total. The van der Waals surface area contributed by atoms with Gasteiger partial charge in [0.25, 0.3) is 0 Å². The molecule has 1 aromatic carbocycles. The Bertz CT molecular complexity index is 697. The predicted octanol–water partition coefficient (Wildman–Crippen LogP) is 2.95. The molecule has 2 aromatic rings. The lowest BCUT2D eigenvalue weighted by Gasteiger charge is -2.10. The number of fused-ring (bicyclic) bond motifs is 1. The van der Waals surface area contributed by atoms with E-state index in [1.165, 1.54) is 4.68 Å². The summed E-state index contributed by atoms with van der Waals surface area (Å²) in [7, 11) is 0. The number of hydrogen-bond donors (Lipinski definition) is 1. The maximum atomic E-state index is 11.5. The summed E-state index contributed by atoms with van der Waals surface area (Å²) in [6.45, 7) is 0.808. The van der Waals surface area contributed by atoms with E-state index >= 15 is 0 Å². The summed E-state index contributed by atoms with van der Waals surface area (Å²) in [5, 5.41) is 14.5. The average Bonchev–Trinajstić information content (AvgIpc) is 2.81. The standard InChI is InChI=1S/C13H10Cl2N2O3/c14-9-2-1-7(5-10(9)15)17-12(13(18)19)8-6-20-4-3-11(8)16-17/h1-2,5H,3-4,6H2,(H,18,19). The second-order valence-corrected chi connectivity index (χ2v) is 5.21. The predicted molar refractivity (Wildman–Crippen MR) is 73.9 cm³/mol. The van der Waals surface area contributed by atoms with Crippen LogP contribution in [0.25, 0.3) is 5.69 Å². The summed E-state index contributed by atoms with van der Waals surface area (Å²) >= 11 is 11.9. The smallest absolute Gasteiger partial charge is 0.355 e. The van der Waals surface area contributed by atoms with Crippen molar-refractivity contribution in [2.24, 2.45) is 0 Å². The van der Waals surface area contributed by atoms with Gasteiger partial charge in [-0.3, -0.25) is 0 Å². The Labute approximate surface area is 124 Å². The molecule has 7 heteroatoms. The fraction of sp³-hybridized carbons (Fsp3) is 0.231. The van der Waals surface area contributed by atoms with E-state index in [0.717, 1.165) is 5.69 Å². The van der Waals surface area contributed by atoms with Crippen molar-refractivity contribution in [1.82, 2.24) is 9.78 Å². The molecule has 0 bridgehead atoms. The molecule has 0 saturated heterocycles. The van der Waals surface area contributed by atoms with Gasteiger partial charge in [-0.05, 0) is 18.2 Å². The Morgan fingerprint density at radius 2 is 2.15 bits per heavy atom. The zero-order valence-electron chi connectivity index (χ0n) is 10.3. The Hall–Kier alpha value is -1.56. The van der Waals surface area contributed by atoms with Crippen LogP contribution in [0, 0.1) is 0 Å². The first-order valence-electron chi connectivity index (χ1n) is 5.95. The summed E-state index contributed by atoms with van der Waals surface area (Å²) in [5.74, 6) is -1.05. The number of benzene rings is 1. The van der Waals surface area contributed by atoms with E-state index < -0.39 is 5.97 Å². The molecule has 104 valence electrons. The lowest BCUT2D eigenvalue weighted by atomic mass is 10.1. The average molecular weight is 313 g/mol. The van der Waals surface area contributed by atoms with Gasteiger partial charge in [0.05, 0.1) is 34.6 Å². The number of ether oxygens (including phenoxy) is 1. The number of aromatic carboxylic acids is 1. The van der Waals surface area contributed by atoms with Crippen molar-refractivity contribution in [3.8, 4) is 5.69 Å². The minimum absolute atomic E-state index is 0.109. The Morgan fingerprint density at radius 1 is 1.35 bits per heavy atom. The maximum Gasteiger partial charge on any atom is 0.355 e. The highest BCUT2D eigenvalue weighted by atomic mass is 35.5. The van der Waals surface area contributed by atoms with Crippen molar-refractivity contribution in [3.63, 3.8) is 0 Å². The largest absolute Gasteiger partial charge is 0.476 e. The molecule has 3 rings (SSSR count). The number of aromatic nitrogens is 2. The van der Waals surface area contributed by atoms with Gasteiger partial charge in [-0.2, -0.15) is 5.10 Å². The topological polar surface area (TPSA) is 64.3 Å². The van der Waals surface area contributed by atoms with E-state index in [2.05, 4.69) is 5.10 Å². The third kappa shape index (κ3) is 2.18. The van der Waals surface area contributed by atoms with Gasteiger partial charge in [-0.25, -0.2) is 9.48 Å². The molecule has 1 aromatic heterocycles. The number of nitrogens with zero attached hydrogens (tertiary/aromatic N) is 2. The van der Waals surface area contributed by atoms with Gasteiger partial charge in [0.1, 0.15) is 0 Å². The zero-order chi connectivity index (χ0) is 14.3. The van der Waals surface area contributed by atoms with Gasteiger partial charge >= 0.3 is 5.97 Å². The lowest BCUT2D eigenvalue weighted by Crippen LogP contribution is -2.13. The van der Waals surface area contributed by atoms with E-state index in [1.807, 2.05) is 0 Å². The normalized spacial score (nSPS) is 14.1. The number of halogens is 2. The minimum Gasteiger partial charge on any atom is -0.476 e. The van der Waals surface area contributed by atoms with Crippen LogP contribution in [0.4, 0.5) is 0 Å². The summed E-state index contributed by atoms with van der Waals surface area (Å²) in [5.41, 5.74) is 2.04. The molecular formula is C13H10Cl2N2O3. The zero-order valence-corrected chi connectivity index (χ0v) is 11.8. The van der Waals surface area contributed by atoms with Crippen molar-refractivity contribution in [3.05, 3.63) is 45.2 Å². The summed E-state index contributed by atoms with van der Waals surface area (Å²) < 4.78 is 6.69. The SMILES string of the molecule is O=C(O)c1c2c(nn1-c1ccc(Cl)c(Cl)c1)CCOC2. The van der Waals surface area contributed by atoms with Gasteiger partial charge in [-0.1, -0.05) is 23.2 Å². The second kappa shape index (κ2) is 5.09. The molecule has 0 radical (unpaired) electrons. The first-order chi connectivity index (χ1) is 9.58. The van der Waals surface area contributed by atoms with Crippen LogP contribution in [0.1, 0.15) is 21.7 Å². The van der Waals surface area contributed by atoms with E-state index in [9.17, 15) is 9.90 Å². The summed E-state index contributed by atoms with van der Waals surface area (Å²) in [6.07, 6.45) is 0.601. The van der Waals surface area contributed by atoms with Crippen LogP contribution in [-0.2, 0) is 17.8 Å². The molecule has 1 aliphatic heterocycles. The highest BCUT2D eigenvalue weighted by Crippen LogP contribution is 2.28. The van der Waals surface area contributed by atoms with Gasteiger partial charge in [0.15, 0.2) is 5.69 Å². The number of hydrogen-bond acceptors (Lipinski definition) is 3. The van der Waals surface area contributed by atoms with Crippen LogP contribution in [0.3, 0.4) is 0 Å². The molecule has 0 unspecified atom stereocenters. The van der Waals surface area contributed by atoms with E-state index in [-0.39, 0.29) is 12.3 Å². The molecule has 0 spiro atoms. The van der Waals surface area contributed by atoms with E-state index in [1.54, 1.807) is 18.2 Å². The molecule has 0 saturated carbocycles. The number of carboxylic acid groups (broad SMARTS) is 1. The summed E-state index contributed by atoms with van der Waals surface area (Å²) in [4.78, 5) is 11.5. The quantitative estimate of drug-likeness (QED) is 0.926. The molecule has 5 nitrogen and oxygen atoms in total. The Balaban J connectivity index is 2.19. The molecule has 0 aliphatic carbocycles. The maximum absolute atomic E-state index is 11.5. The van der Waals surface area contributed by atoms with Crippen LogP contribution >= 0.6 is 23.2 Å².